The van der Waals surface area contributed by atoms with E-state index in [0.717, 1.165) is 38.4 Å². The number of nitrogens with zero attached hydrogens (tertiary/aromatic N) is 2. The summed E-state index contributed by atoms with van der Waals surface area (Å²) in [5.74, 6) is 1.17. The van der Waals surface area contributed by atoms with Gasteiger partial charge in [0.25, 0.3) is 4.84 Å². The smallest absolute Gasteiger partial charge is 0.284 e. The molecule has 1 aromatic carbocycles. The quantitative estimate of drug-likeness (QED) is 0.881. The molecular formula is C14H18ClN3OS. The highest BCUT2D eigenvalue weighted by Crippen LogP contribution is 2.27. The van der Waals surface area contributed by atoms with Gasteiger partial charge in [-0.2, -0.15) is 0 Å². The highest BCUT2D eigenvalue weighted by Gasteiger charge is 2.23. The van der Waals surface area contributed by atoms with Gasteiger partial charge >= 0.3 is 0 Å². The van der Waals surface area contributed by atoms with Gasteiger partial charge < -0.3 is 4.42 Å². The first-order chi connectivity index (χ1) is 9.31. The molecule has 0 aliphatic carbocycles. The lowest BCUT2D eigenvalue weighted by Crippen LogP contribution is -2.32. The first-order valence-corrected chi connectivity index (χ1v) is 7.04. The summed E-state index contributed by atoms with van der Waals surface area (Å²) >= 11 is 4.92. The van der Waals surface area contributed by atoms with E-state index in [-0.39, 0.29) is 12.4 Å². The van der Waals surface area contributed by atoms with E-state index in [2.05, 4.69) is 45.4 Å². The Labute approximate surface area is 129 Å². The van der Waals surface area contributed by atoms with Crippen molar-refractivity contribution >= 4 is 24.6 Å². The summed E-state index contributed by atoms with van der Waals surface area (Å²) in [6.07, 6.45) is 2.16. The summed E-state index contributed by atoms with van der Waals surface area (Å²) in [6.45, 7) is 3.18. The van der Waals surface area contributed by atoms with E-state index >= 15 is 0 Å². The minimum atomic E-state index is 0. The number of piperidine rings is 1. The van der Waals surface area contributed by atoms with Crippen LogP contribution in [0.25, 0.3) is 0 Å². The summed E-state index contributed by atoms with van der Waals surface area (Å²) in [5, 5.41) is 6.84. The predicted octanol–water partition coefficient (Wildman–Crippen LogP) is 3.53. The number of hydrogen-bond donors (Lipinski definition) is 1. The summed E-state index contributed by atoms with van der Waals surface area (Å²) in [4.78, 5) is 2.86. The van der Waals surface area contributed by atoms with Crippen molar-refractivity contribution in [2.24, 2.45) is 0 Å². The van der Waals surface area contributed by atoms with Crippen LogP contribution in [0.4, 0.5) is 0 Å². The van der Waals surface area contributed by atoms with E-state index < -0.39 is 0 Å². The van der Waals surface area contributed by atoms with Crippen molar-refractivity contribution in [3.63, 3.8) is 0 Å². The Morgan fingerprint density at radius 3 is 2.55 bits per heavy atom. The Bertz CT molecular complexity index is 575. The molecule has 0 bridgehead atoms. The van der Waals surface area contributed by atoms with Gasteiger partial charge in [0.05, 0.1) is 0 Å². The molecule has 1 fully saturated rings. The van der Waals surface area contributed by atoms with Crippen LogP contribution in [-0.2, 0) is 6.54 Å². The molecule has 6 heteroatoms. The molecule has 0 saturated carbocycles. The largest absolute Gasteiger partial charge is 0.414 e. The summed E-state index contributed by atoms with van der Waals surface area (Å²) in [5.41, 5.74) is 1.37. The average Bonchev–Trinajstić information content (AvgIpc) is 2.87. The topological polar surface area (TPSA) is 45.1 Å². The highest BCUT2D eigenvalue weighted by molar-refractivity contribution is 7.71. The first-order valence-electron chi connectivity index (χ1n) is 6.63. The van der Waals surface area contributed by atoms with E-state index in [0.29, 0.717) is 10.8 Å². The molecule has 0 spiro atoms. The number of aromatic amines is 1. The Morgan fingerprint density at radius 2 is 1.95 bits per heavy atom. The van der Waals surface area contributed by atoms with Crippen molar-refractivity contribution in [2.45, 2.75) is 25.3 Å². The number of H-pyrrole nitrogens is 1. The second-order valence-electron chi connectivity index (χ2n) is 4.99. The first kappa shape index (κ1) is 15.2. The van der Waals surface area contributed by atoms with E-state index in [1.54, 1.807) is 0 Å². The fourth-order valence-electron chi connectivity index (χ4n) is 2.60. The standard InChI is InChI=1S/C14H17N3OS.ClH/c19-14-16-15-13(18-14)12-6-8-17(9-7-12)10-11-4-2-1-3-5-11;/h1-5,12H,6-10H2,(H,16,19);1H. The fourth-order valence-corrected chi connectivity index (χ4v) is 2.73. The lowest BCUT2D eigenvalue weighted by Gasteiger charge is -2.30. The number of benzene rings is 1. The van der Waals surface area contributed by atoms with Gasteiger partial charge in [-0.3, -0.25) is 4.90 Å². The molecule has 1 aromatic heterocycles. The van der Waals surface area contributed by atoms with Crippen molar-refractivity contribution in [2.75, 3.05) is 13.1 Å². The molecular weight excluding hydrogens is 294 g/mol. The summed E-state index contributed by atoms with van der Waals surface area (Å²) < 4.78 is 5.41. The summed E-state index contributed by atoms with van der Waals surface area (Å²) in [6, 6.07) is 10.6. The molecule has 1 saturated heterocycles. The zero-order valence-corrected chi connectivity index (χ0v) is 12.8. The van der Waals surface area contributed by atoms with Gasteiger partial charge in [0, 0.05) is 12.5 Å². The zero-order valence-electron chi connectivity index (χ0n) is 11.1. The molecule has 0 amide bonds. The molecule has 1 aliphatic rings. The summed E-state index contributed by atoms with van der Waals surface area (Å²) in [7, 11) is 0. The number of rotatable bonds is 3. The lowest BCUT2D eigenvalue weighted by atomic mass is 9.96. The van der Waals surface area contributed by atoms with Gasteiger partial charge in [-0.05, 0) is 43.7 Å². The lowest BCUT2D eigenvalue weighted by molar-refractivity contribution is 0.192. The Morgan fingerprint density at radius 1 is 1.25 bits per heavy atom. The second kappa shape index (κ2) is 7.02. The maximum Gasteiger partial charge on any atom is 0.284 e. The van der Waals surface area contributed by atoms with Gasteiger partial charge in [0.1, 0.15) is 0 Å². The third-order valence-corrected chi connectivity index (χ3v) is 3.82. The molecule has 0 unspecified atom stereocenters. The van der Waals surface area contributed by atoms with Gasteiger partial charge in [0.2, 0.25) is 5.89 Å². The third kappa shape index (κ3) is 3.69. The SMILES string of the molecule is Cl.S=c1[nH]nc(C2CCN(Cc3ccccc3)CC2)o1. The monoisotopic (exact) mass is 311 g/mol. The van der Waals surface area contributed by atoms with Crippen molar-refractivity contribution in [3.8, 4) is 0 Å². The van der Waals surface area contributed by atoms with Gasteiger partial charge in [-0.15, -0.1) is 17.5 Å². The van der Waals surface area contributed by atoms with E-state index in [4.69, 9.17) is 16.6 Å². The minimum absolute atomic E-state index is 0. The maximum atomic E-state index is 5.41. The highest BCUT2D eigenvalue weighted by atomic mass is 35.5. The average molecular weight is 312 g/mol. The molecule has 108 valence electrons. The van der Waals surface area contributed by atoms with Crippen LogP contribution < -0.4 is 0 Å². The van der Waals surface area contributed by atoms with Crippen molar-refractivity contribution in [1.29, 1.82) is 0 Å². The van der Waals surface area contributed by atoms with Crippen molar-refractivity contribution in [3.05, 3.63) is 46.6 Å². The number of likely N-dealkylation sites (tertiary alicyclic amines) is 1. The number of hydrogen-bond acceptors (Lipinski definition) is 4. The van der Waals surface area contributed by atoms with Crippen LogP contribution in [-0.4, -0.2) is 28.2 Å². The Kier molecular flexibility index (Phi) is 5.34. The molecule has 1 aliphatic heterocycles. The van der Waals surface area contributed by atoms with Crippen LogP contribution in [0.3, 0.4) is 0 Å². The van der Waals surface area contributed by atoms with Gasteiger partial charge in [0.15, 0.2) is 0 Å². The van der Waals surface area contributed by atoms with E-state index in [1.165, 1.54) is 5.56 Å². The van der Waals surface area contributed by atoms with E-state index in [9.17, 15) is 0 Å². The molecule has 4 nitrogen and oxygen atoms in total. The molecule has 1 N–H and O–H groups in total. The predicted molar refractivity (Wildman–Crippen MR) is 82.6 cm³/mol. The van der Waals surface area contributed by atoms with Crippen LogP contribution in [0, 0.1) is 4.84 Å². The molecule has 3 rings (SSSR count). The molecule has 2 heterocycles. The van der Waals surface area contributed by atoms with Crippen LogP contribution >= 0.6 is 24.6 Å². The molecule has 0 atom stereocenters. The van der Waals surface area contributed by atoms with E-state index in [1.807, 2.05) is 0 Å². The minimum Gasteiger partial charge on any atom is -0.414 e. The van der Waals surface area contributed by atoms with Gasteiger partial charge in [-0.25, -0.2) is 5.10 Å². The Balaban J connectivity index is 0.00000147. The molecule has 0 radical (unpaired) electrons. The van der Waals surface area contributed by atoms with Crippen molar-refractivity contribution < 1.29 is 4.42 Å². The van der Waals surface area contributed by atoms with Crippen LogP contribution in [0.1, 0.15) is 30.2 Å². The van der Waals surface area contributed by atoms with Crippen LogP contribution in [0.15, 0.2) is 34.7 Å². The molecule has 20 heavy (non-hydrogen) atoms. The fraction of sp³-hybridized carbons (Fsp3) is 0.429. The zero-order chi connectivity index (χ0) is 13.1. The van der Waals surface area contributed by atoms with Gasteiger partial charge in [-0.1, -0.05) is 30.3 Å². The van der Waals surface area contributed by atoms with Crippen LogP contribution in [0.5, 0.6) is 0 Å². The molecule has 2 aromatic rings. The maximum absolute atomic E-state index is 5.41. The second-order valence-corrected chi connectivity index (χ2v) is 5.36. The number of nitrogens with one attached hydrogen (secondary N) is 1. The van der Waals surface area contributed by atoms with Crippen molar-refractivity contribution in [1.82, 2.24) is 15.1 Å². The normalized spacial score (nSPS) is 16.8. The number of aromatic nitrogens is 2. The number of halogens is 1. The van der Waals surface area contributed by atoms with Crippen LogP contribution in [0.2, 0.25) is 0 Å². The third-order valence-electron chi connectivity index (χ3n) is 3.64. The Hall–Kier alpha value is -1.17.